The molecular formula is C10H12O2Sn. The van der Waals surface area contributed by atoms with Crippen LogP contribution in [0.4, 0.5) is 0 Å². The van der Waals surface area contributed by atoms with E-state index in [-0.39, 0.29) is 29.9 Å². The Kier molecular flexibility index (Phi) is 6.67. The van der Waals surface area contributed by atoms with E-state index in [0.29, 0.717) is 12.2 Å². The number of carbonyl (C=O) groups is 1. The van der Waals surface area contributed by atoms with Gasteiger partial charge < -0.3 is 4.74 Å². The first-order valence-corrected chi connectivity index (χ1v) is 4.08. The monoisotopic (exact) mass is 284 g/mol. The molecule has 0 saturated heterocycles. The summed E-state index contributed by atoms with van der Waals surface area (Å²) in [6.45, 7) is 1.95. The molecule has 0 heterocycles. The fraction of sp³-hybridized carbons (Fsp3) is 0.300. The Morgan fingerprint density at radius 1 is 1.31 bits per heavy atom. The van der Waals surface area contributed by atoms with Gasteiger partial charge in [0, 0.05) is 30.3 Å². The van der Waals surface area contributed by atoms with Gasteiger partial charge in [0.2, 0.25) is 0 Å². The van der Waals surface area contributed by atoms with Crippen LogP contribution in [0.15, 0.2) is 30.3 Å². The van der Waals surface area contributed by atoms with Gasteiger partial charge in [-0.2, -0.15) is 0 Å². The van der Waals surface area contributed by atoms with Gasteiger partial charge in [-0.1, -0.05) is 25.1 Å². The van der Waals surface area contributed by atoms with Crippen molar-refractivity contribution in [3.05, 3.63) is 30.3 Å². The maximum atomic E-state index is 11.0. The molecule has 1 aromatic rings. The average Bonchev–Trinajstić information content (AvgIpc) is 2.06. The van der Waals surface area contributed by atoms with E-state index >= 15 is 0 Å². The van der Waals surface area contributed by atoms with E-state index in [1.54, 1.807) is 12.1 Å². The van der Waals surface area contributed by atoms with Crippen LogP contribution in [0.1, 0.15) is 19.8 Å². The topological polar surface area (TPSA) is 26.3 Å². The second-order valence-corrected chi connectivity index (χ2v) is 2.54. The summed E-state index contributed by atoms with van der Waals surface area (Å²) in [6, 6.07) is 9.11. The molecular weight excluding hydrogens is 271 g/mol. The van der Waals surface area contributed by atoms with Crippen LogP contribution in [-0.4, -0.2) is 29.9 Å². The predicted molar refractivity (Wildman–Crippen MR) is 52.7 cm³/mol. The molecule has 0 saturated carbocycles. The minimum atomic E-state index is -0.163. The maximum absolute atomic E-state index is 11.0. The summed E-state index contributed by atoms with van der Waals surface area (Å²) in [4.78, 5) is 11.0. The molecule has 0 atom stereocenters. The minimum absolute atomic E-state index is 0. The van der Waals surface area contributed by atoms with E-state index in [9.17, 15) is 4.79 Å². The molecule has 0 unspecified atom stereocenters. The quantitative estimate of drug-likeness (QED) is 0.482. The van der Waals surface area contributed by atoms with Crippen molar-refractivity contribution in [1.82, 2.24) is 0 Å². The molecule has 0 fully saturated rings. The molecule has 0 aliphatic rings. The molecule has 4 radical (unpaired) electrons. The van der Waals surface area contributed by atoms with Gasteiger partial charge in [0.15, 0.2) is 0 Å². The zero-order chi connectivity index (χ0) is 8.81. The predicted octanol–water partition coefficient (Wildman–Crippen LogP) is 2.01. The molecule has 0 bridgehead atoms. The molecule has 2 nitrogen and oxygen atoms in total. The second kappa shape index (κ2) is 6.95. The molecule has 1 rings (SSSR count). The van der Waals surface area contributed by atoms with Crippen molar-refractivity contribution in [2.24, 2.45) is 0 Å². The first-order valence-electron chi connectivity index (χ1n) is 4.08. The van der Waals surface area contributed by atoms with Crippen LogP contribution < -0.4 is 4.74 Å². The van der Waals surface area contributed by atoms with Gasteiger partial charge in [0.05, 0.1) is 0 Å². The Labute approximate surface area is 95.2 Å². The average molecular weight is 283 g/mol. The van der Waals surface area contributed by atoms with E-state index in [0.717, 1.165) is 6.42 Å². The minimum Gasteiger partial charge on any atom is -0.427 e. The van der Waals surface area contributed by atoms with E-state index in [4.69, 9.17) is 4.74 Å². The standard InChI is InChI=1S/C10H12O2.Sn/c1-2-6-10(11)12-9-7-4-3-5-8-9;/h3-5,7-8H,2,6H2,1H3;. The Morgan fingerprint density at radius 2 is 1.92 bits per heavy atom. The SMILES string of the molecule is CCCC(=O)Oc1ccccc1.[Sn]. The smallest absolute Gasteiger partial charge is 0.311 e. The molecule has 0 amide bonds. The van der Waals surface area contributed by atoms with Gasteiger partial charge in [-0.3, -0.25) is 4.79 Å². The molecule has 0 aliphatic carbocycles. The normalized spacial score (nSPS) is 8.69. The zero-order valence-corrected chi connectivity index (χ0v) is 10.5. The van der Waals surface area contributed by atoms with Gasteiger partial charge in [0.25, 0.3) is 0 Å². The van der Waals surface area contributed by atoms with Crippen molar-refractivity contribution in [3.63, 3.8) is 0 Å². The Morgan fingerprint density at radius 3 is 2.46 bits per heavy atom. The molecule has 0 aromatic heterocycles. The van der Waals surface area contributed by atoms with Crippen molar-refractivity contribution in [2.75, 3.05) is 0 Å². The number of ether oxygens (including phenoxy) is 1. The molecule has 68 valence electrons. The van der Waals surface area contributed by atoms with Gasteiger partial charge in [-0.25, -0.2) is 0 Å². The third kappa shape index (κ3) is 4.93. The number of hydrogen-bond acceptors (Lipinski definition) is 2. The molecule has 0 N–H and O–H groups in total. The fourth-order valence-corrected chi connectivity index (χ4v) is 0.875. The number of esters is 1. The van der Waals surface area contributed by atoms with Crippen molar-refractivity contribution in [1.29, 1.82) is 0 Å². The number of para-hydroxylation sites is 1. The number of rotatable bonds is 3. The van der Waals surface area contributed by atoms with E-state index in [1.165, 1.54) is 0 Å². The van der Waals surface area contributed by atoms with Crippen molar-refractivity contribution in [3.8, 4) is 5.75 Å². The van der Waals surface area contributed by atoms with Crippen molar-refractivity contribution >= 4 is 29.9 Å². The van der Waals surface area contributed by atoms with Gasteiger partial charge in [-0.15, -0.1) is 0 Å². The Balaban J connectivity index is 0.00000144. The summed E-state index contributed by atoms with van der Waals surface area (Å²) in [5.74, 6) is 0.458. The number of hydrogen-bond donors (Lipinski definition) is 0. The molecule has 13 heavy (non-hydrogen) atoms. The van der Waals surface area contributed by atoms with E-state index in [2.05, 4.69) is 0 Å². The van der Waals surface area contributed by atoms with E-state index < -0.39 is 0 Å². The molecule has 0 spiro atoms. The number of carbonyl (C=O) groups excluding carboxylic acids is 1. The van der Waals surface area contributed by atoms with Crippen LogP contribution in [-0.2, 0) is 4.79 Å². The molecule has 0 aliphatic heterocycles. The third-order valence-corrected chi connectivity index (χ3v) is 1.43. The van der Waals surface area contributed by atoms with Crippen LogP contribution in [0.25, 0.3) is 0 Å². The van der Waals surface area contributed by atoms with Crippen molar-refractivity contribution < 1.29 is 9.53 Å². The van der Waals surface area contributed by atoms with Crippen LogP contribution in [0.2, 0.25) is 0 Å². The third-order valence-electron chi connectivity index (χ3n) is 1.43. The Hall–Kier alpha value is -0.511. The van der Waals surface area contributed by atoms with Crippen LogP contribution in [0.5, 0.6) is 5.75 Å². The van der Waals surface area contributed by atoms with Gasteiger partial charge in [-0.05, 0) is 18.6 Å². The summed E-state index contributed by atoms with van der Waals surface area (Å²) in [5.41, 5.74) is 0. The van der Waals surface area contributed by atoms with Crippen LogP contribution in [0, 0.1) is 0 Å². The summed E-state index contributed by atoms with van der Waals surface area (Å²) in [5, 5.41) is 0. The molecule has 1 aromatic carbocycles. The summed E-state index contributed by atoms with van der Waals surface area (Å²) in [6.07, 6.45) is 1.31. The first kappa shape index (κ1) is 12.5. The summed E-state index contributed by atoms with van der Waals surface area (Å²) in [7, 11) is 0. The van der Waals surface area contributed by atoms with Crippen LogP contribution >= 0.6 is 0 Å². The van der Waals surface area contributed by atoms with Crippen LogP contribution in [0.3, 0.4) is 0 Å². The second-order valence-electron chi connectivity index (χ2n) is 2.54. The fourth-order valence-electron chi connectivity index (χ4n) is 0.875. The molecule has 3 heteroatoms. The zero-order valence-electron chi connectivity index (χ0n) is 7.62. The summed E-state index contributed by atoms with van der Waals surface area (Å²) >= 11 is 0. The maximum Gasteiger partial charge on any atom is 0.311 e. The van der Waals surface area contributed by atoms with Gasteiger partial charge >= 0.3 is 5.97 Å². The van der Waals surface area contributed by atoms with Gasteiger partial charge in [0.1, 0.15) is 5.75 Å². The number of benzene rings is 1. The first-order chi connectivity index (χ1) is 5.83. The van der Waals surface area contributed by atoms with Crippen molar-refractivity contribution in [2.45, 2.75) is 19.8 Å². The largest absolute Gasteiger partial charge is 0.427 e. The Bertz CT molecular complexity index is 246. The van der Waals surface area contributed by atoms with E-state index in [1.807, 2.05) is 25.1 Å². The summed E-state index contributed by atoms with van der Waals surface area (Å²) < 4.78 is 5.02.